The first kappa shape index (κ1) is 64.3. The number of aliphatic hydroxyl groups excluding tert-OH is 2. The maximum Gasteiger partial charge on any atom is 0.306 e. The van der Waals surface area contributed by atoms with Crippen molar-refractivity contribution in [3.8, 4) is 0 Å². The Hall–Kier alpha value is -1.66. The molecule has 0 spiro atoms. The lowest BCUT2D eigenvalue weighted by molar-refractivity contribution is -0.151. The average molecular weight is 931 g/mol. The van der Waals surface area contributed by atoms with Gasteiger partial charge in [-0.25, -0.2) is 0 Å². The van der Waals surface area contributed by atoms with E-state index in [2.05, 4.69) is 50.4 Å². The molecule has 3 unspecified atom stereocenters. The first-order chi connectivity index (χ1) is 32.5. The Morgan fingerprint density at radius 3 is 1.18 bits per heavy atom. The van der Waals surface area contributed by atoms with E-state index in [4.69, 9.17) is 4.74 Å². The number of ether oxygens (including phenoxy) is 1. The molecule has 0 saturated heterocycles. The van der Waals surface area contributed by atoms with Crippen LogP contribution in [-0.2, 0) is 14.3 Å². The molecule has 0 heterocycles. The van der Waals surface area contributed by atoms with Crippen LogP contribution in [0.1, 0.15) is 323 Å². The minimum atomic E-state index is -0.784. The fourth-order valence-corrected chi connectivity index (χ4v) is 9.29. The molecule has 3 atom stereocenters. The second kappa shape index (κ2) is 54.3. The summed E-state index contributed by atoms with van der Waals surface area (Å²) in [6, 6.07) is -0.698. The smallest absolute Gasteiger partial charge is 0.306 e. The molecule has 66 heavy (non-hydrogen) atoms. The van der Waals surface area contributed by atoms with Crippen molar-refractivity contribution in [1.29, 1.82) is 0 Å². The molecule has 390 valence electrons. The zero-order valence-corrected chi connectivity index (χ0v) is 44.6. The third kappa shape index (κ3) is 48.8. The first-order valence-electron chi connectivity index (χ1n) is 29.6. The number of amides is 1. The minimum absolute atomic E-state index is 0.0825. The molecule has 6 heteroatoms. The summed E-state index contributed by atoms with van der Waals surface area (Å²) in [4.78, 5) is 26.3. The number of rotatable bonds is 54. The summed E-state index contributed by atoms with van der Waals surface area (Å²) in [6.07, 6.45) is 63.8. The number of allylic oxidation sites excluding steroid dienone is 4. The Kier molecular flexibility index (Phi) is 52.9. The number of aliphatic hydroxyl groups is 2. The average Bonchev–Trinajstić information content (AvgIpc) is 3.31. The Bertz CT molecular complexity index is 1040. The zero-order valence-electron chi connectivity index (χ0n) is 44.6. The highest BCUT2D eigenvalue weighted by molar-refractivity contribution is 5.77. The number of esters is 1. The van der Waals surface area contributed by atoms with Gasteiger partial charge in [0.2, 0.25) is 5.91 Å². The summed E-state index contributed by atoms with van der Waals surface area (Å²) in [5.41, 5.74) is 0. The summed E-state index contributed by atoms with van der Waals surface area (Å²) in [7, 11) is 0. The lowest BCUT2D eigenvalue weighted by Gasteiger charge is -2.24. The normalized spacial score (nSPS) is 13.2. The van der Waals surface area contributed by atoms with Gasteiger partial charge in [-0.2, -0.15) is 0 Å². The van der Waals surface area contributed by atoms with Crippen LogP contribution >= 0.6 is 0 Å². The maximum absolute atomic E-state index is 13.3. The van der Waals surface area contributed by atoms with E-state index < -0.39 is 18.2 Å². The summed E-state index contributed by atoms with van der Waals surface area (Å²) >= 11 is 0. The third-order valence-corrected chi connectivity index (χ3v) is 13.8. The van der Waals surface area contributed by atoms with Crippen molar-refractivity contribution in [1.82, 2.24) is 5.32 Å². The second-order valence-corrected chi connectivity index (χ2v) is 20.4. The highest BCUT2D eigenvalue weighted by Crippen LogP contribution is 2.19. The van der Waals surface area contributed by atoms with Crippen LogP contribution in [0.3, 0.4) is 0 Å². The predicted octanol–water partition coefficient (Wildman–Crippen LogP) is 18.2. The molecule has 1 amide bonds. The molecule has 0 radical (unpaired) electrons. The van der Waals surface area contributed by atoms with Gasteiger partial charge >= 0.3 is 5.97 Å². The maximum atomic E-state index is 13.3. The van der Waals surface area contributed by atoms with E-state index >= 15 is 0 Å². The van der Waals surface area contributed by atoms with Crippen LogP contribution in [0.5, 0.6) is 0 Å². The predicted molar refractivity (Wildman–Crippen MR) is 287 cm³/mol. The Balaban J connectivity index is 4.50. The van der Waals surface area contributed by atoms with Crippen LogP contribution in [-0.4, -0.2) is 46.9 Å². The van der Waals surface area contributed by atoms with Gasteiger partial charge in [-0.15, -0.1) is 0 Å². The van der Waals surface area contributed by atoms with Crippen molar-refractivity contribution in [2.24, 2.45) is 0 Å². The van der Waals surface area contributed by atoms with Gasteiger partial charge in [0.15, 0.2) is 0 Å². The number of hydrogen-bond donors (Lipinski definition) is 3. The second-order valence-electron chi connectivity index (χ2n) is 20.4. The number of nitrogens with one attached hydrogen (secondary N) is 1. The van der Waals surface area contributed by atoms with E-state index in [1.165, 1.54) is 225 Å². The van der Waals surface area contributed by atoms with Gasteiger partial charge in [-0.05, 0) is 57.8 Å². The van der Waals surface area contributed by atoms with Crippen LogP contribution in [0.15, 0.2) is 24.3 Å². The van der Waals surface area contributed by atoms with E-state index in [1.54, 1.807) is 0 Å². The standard InChI is InChI=1S/C60H115NO5/c1-4-7-10-13-16-19-22-25-27-28-29-30-32-35-38-41-44-47-50-53-60(65)66-56(51-48-45-42-39-36-34-31-26-23-20-17-14-11-8-5-2)54-59(64)61-57(55-62)58(63)52-49-46-43-40-37-33-24-21-18-15-12-9-6-3/h16,19,25,27,56-58,62-63H,4-15,17-18,20-24,26,28-55H2,1-3H3,(H,61,64)/b19-16-,27-25-. The fraction of sp³-hybridized carbons (Fsp3) is 0.900. The summed E-state index contributed by atoms with van der Waals surface area (Å²) in [6.45, 7) is 6.50. The summed E-state index contributed by atoms with van der Waals surface area (Å²) in [5.74, 6) is -0.457. The highest BCUT2D eigenvalue weighted by Gasteiger charge is 2.24. The van der Waals surface area contributed by atoms with Crippen LogP contribution in [0, 0.1) is 0 Å². The largest absolute Gasteiger partial charge is 0.462 e. The molecule has 0 rings (SSSR count). The molecular formula is C60H115NO5. The summed E-state index contributed by atoms with van der Waals surface area (Å²) < 4.78 is 5.97. The molecule has 0 bridgehead atoms. The van der Waals surface area contributed by atoms with Crippen LogP contribution in [0.4, 0.5) is 0 Å². The molecule has 3 N–H and O–H groups in total. The lowest BCUT2D eigenvalue weighted by Crippen LogP contribution is -2.46. The molecule has 6 nitrogen and oxygen atoms in total. The van der Waals surface area contributed by atoms with Crippen LogP contribution < -0.4 is 5.32 Å². The van der Waals surface area contributed by atoms with Gasteiger partial charge in [0.05, 0.1) is 25.2 Å². The van der Waals surface area contributed by atoms with Crippen LogP contribution in [0.25, 0.3) is 0 Å². The van der Waals surface area contributed by atoms with Gasteiger partial charge in [0.25, 0.3) is 0 Å². The van der Waals surface area contributed by atoms with Gasteiger partial charge in [0.1, 0.15) is 6.10 Å². The Morgan fingerprint density at radius 2 is 0.773 bits per heavy atom. The SMILES string of the molecule is CCCCC/C=C\C/C=C\CCCCCCCCCCCC(=O)OC(CCCCCCCCCCCCCCCCC)CC(=O)NC(CO)C(O)CCCCCCCCCCCCCCC. The van der Waals surface area contributed by atoms with Crippen molar-refractivity contribution < 1.29 is 24.5 Å². The van der Waals surface area contributed by atoms with E-state index in [0.717, 1.165) is 51.4 Å². The van der Waals surface area contributed by atoms with Gasteiger partial charge in [-0.3, -0.25) is 9.59 Å². The minimum Gasteiger partial charge on any atom is -0.462 e. The van der Waals surface area contributed by atoms with Gasteiger partial charge in [-0.1, -0.05) is 276 Å². The number of hydrogen-bond acceptors (Lipinski definition) is 5. The zero-order chi connectivity index (χ0) is 48.1. The van der Waals surface area contributed by atoms with E-state index in [-0.39, 0.29) is 24.9 Å². The Labute approximate surface area is 411 Å². The van der Waals surface area contributed by atoms with Gasteiger partial charge < -0.3 is 20.3 Å². The van der Waals surface area contributed by atoms with Crippen molar-refractivity contribution in [3.05, 3.63) is 24.3 Å². The molecule has 0 aromatic carbocycles. The Morgan fingerprint density at radius 1 is 0.439 bits per heavy atom. The fourth-order valence-electron chi connectivity index (χ4n) is 9.29. The number of unbranched alkanes of at least 4 members (excludes halogenated alkanes) is 38. The molecule has 0 aromatic heterocycles. The monoisotopic (exact) mass is 930 g/mol. The molecule has 0 aliphatic carbocycles. The quantitative estimate of drug-likeness (QED) is 0.0321. The van der Waals surface area contributed by atoms with E-state index in [0.29, 0.717) is 19.3 Å². The number of carbonyl (C=O) groups is 2. The molecule has 0 fully saturated rings. The number of carbonyl (C=O) groups excluding carboxylic acids is 2. The van der Waals surface area contributed by atoms with Crippen molar-refractivity contribution in [3.63, 3.8) is 0 Å². The van der Waals surface area contributed by atoms with Crippen molar-refractivity contribution >= 4 is 11.9 Å². The molecule has 0 aromatic rings. The van der Waals surface area contributed by atoms with E-state index in [9.17, 15) is 19.8 Å². The highest BCUT2D eigenvalue weighted by atomic mass is 16.5. The summed E-state index contributed by atoms with van der Waals surface area (Å²) in [5, 5.41) is 23.9. The molecular weight excluding hydrogens is 815 g/mol. The molecule has 0 saturated carbocycles. The lowest BCUT2D eigenvalue weighted by atomic mass is 10.0. The molecule has 0 aliphatic rings. The first-order valence-corrected chi connectivity index (χ1v) is 29.6. The third-order valence-electron chi connectivity index (χ3n) is 13.8. The van der Waals surface area contributed by atoms with Crippen LogP contribution in [0.2, 0.25) is 0 Å². The van der Waals surface area contributed by atoms with Crippen molar-refractivity contribution in [2.75, 3.05) is 6.61 Å². The topological polar surface area (TPSA) is 95.9 Å². The van der Waals surface area contributed by atoms with Crippen molar-refractivity contribution in [2.45, 2.75) is 341 Å². The van der Waals surface area contributed by atoms with E-state index in [1.807, 2.05) is 0 Å². The molecule has 0 aliphatic heterocycles. The van der Waals surface area contributed by atoms with Gasteiger partial charge in [0, 0.05) is 6.42 Å².